The molecule has 4 aromatic rings. The lowest BCUT2D eigenvalue weighted by Crippen LogP contribution is -2.29. The van der Waals surface area contributed by atoms with Gasteiger partial charge in [-0.15, -0.1) is 0 Å². The first-order valence-electron chi connectivity index (χ1n) is 9.00. The molecule has 146 valence electrons. The van der Waals surface area contributed by atoms with Crippen molar-refractivity contribution in [2.45, 2.75) is 13.5 Å². The Morgan fingerprint density at radius 2 is 1.90 bits per heavy atom. The van der Waals surface area contributed by atoms with Crippen LogP contribution < -0.4 is 15.6 Å². The Morgan fingerprint density at radius 3 is 2.66 bits per heavy atom. The molecule has 0 saturated heterocycles. The summed E-state index contributed by atoms with van der Waals surface area (Å²) in [6.07, 6.45) is 0. The second kappa shape index (κ2) is 8.24. The number of benzene rings is 2. The van der Waals surface area contributed by atoms with Crippen molar-refractivity contribution in [3.8, 4) is 16.3 Å². The lowest BCUT2D eigenvalue weighted by Gasteiger charge is -2.07. The van der Waals surface area contributed by atoms with E-state index >= 15 is 0 Å². The molecule has 0 aliphatic heterocycles. The maximum absolute atomic E-state index is 12.4. The highest BCUT2D eigenvalue weighted by atomic mass is 32.1. The van der Waals surface area contributed by atoms with Crippen molar-refractivity contribution in [3.63, 3.8) is 0 Å². The van der Waals surface area contributed by atoms with Gasteiger partial charge in [-0.25, -0.2) is 4.98 Å². The van der Waals surface area contributed by atoms with Gasteiger partial charge < -0.3 is 10.1 Å². The largest absolute Gasteiger partial charge is 0.484 e. The lowest BCUT2D eigenvalue weighted by atomic mass is 10.2. The van der Waals surface area contributed by atoms with E-state index in [0.29, 0.717) is 21.4 Å². The topological polar surface area (TPSA) is 85.6 Å². The van der Waals surface area contributed by atoms with Crippen molar-refractivity contribution >= 4 is 22.2 Å². The monoisotopic (exact) mass is 406 g/mol. The van der Waals surface area contributed by atoms with Crippen LogP contribution in [0, 0.1) is 6.92 Å². The highest BCUT2D eigenvalue weighted by Gasteiger charge is 2.11. The van der Waals surface area contributed by atoms with Crippen molar-refractivity contribution < 1.29 is 9.53 Å². The number of aromatic nitrogens is 3. The third kappa shape index (κ3) is 4.49. The Bertz CT molecular complexity index is 1200. The van der Waals surface area contributed by atoms with Crippen molar-refractivity contribution in [1.82, 2.24) is 19.9 Å². The highest BCUT2D eigenvalue weighted by molar-refractivity contribution is 7.19. The van der Waals surface area contributed by atoms with Crippen LogP contribution in [0.4, 0.5) is 0 Å². The van der Waals surface area contributed by atoms with Crippen LogP contribution in [0.2, 0.25) is 0 Å². The first-order valence-corrected chi connectivity index (χ1v) is 9.81. The Balaban J connectivity index is 1.45. The summed E-state index contributed by atoms with van der Waals surface area (Å²) < 4.78 is 6.69. The number of fused-ring (bicyclic) bond motifs is 1. The summed E-state index contributed by atoms with van der Waals surface area (Å²) in [6, 6.07) is 18.4. The van der Waals surface area contributed by atoms with E-state index in [9.17, 15) is 9.59 Å². The fourth-order valence-electron chi connectivity index (χ4n) is 2.67. The average Bonchev–Trinajstić information content (AvgIpc) is 3.17. The van der Waals surface area contributed by atoms with Gasteiger partial charge >= 0.3 is 0 Å². The van der Waals surface area contributed by atoms with Crippen LogP contribution in [0.5, 0.6) is 5.75 Å². The molecule has 0 aliphatic carbocycles. The molecule has 7 nitrogen and oxygen atoms in total. The molecule has 0 atom stereocenters. The number of carbonyl (C=O) groups is 1. The van der Waals surface area contributed by atoms with Crippen LogP contribution in [-0.2, 0) is 11.3 Å². The molecule has 4 rings (SSSR count). The number of para-hydroxylation sites is 1. The fraction of sp³-hybridized carbons (Fsp3) is 0.143. The third-order valence-corrected chi connectivity index (χ3v) is 5.13. The maximum atomic E-state index is 12.4. The zero-order chi connectivity index (χ0) is 20.2. The van der Waals surface area contributed by atoms with Gasteiger partial charge in [-0.3, -0.25) is 9.59 Å². The van der Waals surface area contributed by atoms with E-state index in [1.165, 1.54) is 21.9 Å². The van der Waals surface area contributed by atoms with Gasteiger partial charge in [0, 0.05) is 11.6 Å². The maximum Gasteiger partial charge on any atom is 0.275 e. The zero-order valence-corrected chi connectivity index (χ0v) is 16.5. The molecule has 1 amide bonds. The van der Waals surface area contributed by atoms with E-state index in [0.717, 1.165) is 11.1 Å². The summed E-state index contributed by atoms with van der Waals surface area (Å²) in [5.41, 5.74) is 2.27. The van der Waals surface area contributed by atoms with Gasteiger partial charge in [0.15, 0.2) is 6.61 Å². The average molecular weight is 406 g/mol. The van der Waals surface area contributed by atoms with Gasteiger partial charge in [-0.1, -0.05) is 59.4 Å². The van der Waals surface area contributed by atoms with Crippen molar-refractivity contribution in [1.29, 1.82) is 0 Å². The molecule has 0 unspecified atom stereocenters. The minimum absolute atomic E-state index is 0.108. The van der Waals surface area contributed by atoms with Gasteiger partial charge in [0.05, 0.1) is 12.2 Å². The summed E-state index contributed by atoms with van der Waals surface area (Å²) in [5.74, 6) is 0.328. The van der Waals surface area contributed by atoms with Crippen LogP contribution in [0.1, 0.15) is 11.3 Å². The minimum Gasteiger partial charge on any atom is -0.484 e. The number of nitrogens with one attached hydrogen (secondary N) is 1. The van der Waals surface area contributed by atoms with Gasteiger partial charge in [-0.2, -0.15) is 9.61 Å². The molecule has 0 fully saturated rings. The highest BCUT2D eigenvalue weighted by Crippen LogP contribution is 2.24. The van der Waals surface area contributed by atoms with Gasteiger partial charge in [0.1, 0.15) is 10.8 Å². The van der Waals surface area contributed by atoms with Crippen molar-refractivity contribution in [2.24, 2.45) is 0 Å². The first kappa shape index (κ1) is 18.8. The predicted molar refractivity (Wildman–Crippen MR) is 111 cm³/mol. The molecule has 29 heavy (non-hydrogen) atoms. The lowest BCUT2D eigenvalue weighted by molar-refractivity contribution is -0.123. The number of hydrogen-bond acceptors (Lipinski definition) is 6. The summed E-state index contributed by atoms with van der Waals surface area (Å²) in [6.45, 7) is 2.05. The minimum atomic E-state index is -0.291. The van der Waals surface area contributed by atoms with E-state index < -0.39 is 0 Å². The molecular formula is C21H18N4O3S. The van der Waals surface area contributed by atoms with E-state index in [1.807, 2.05) is 49.4 Å². The summed E-state index contributed by atoms with van der Waals surface area (Å²) in [7, 11) is 0. The molecule has 0 radical (unpaired) electrons. The second-order valence-corrected chi connectivity index (χ2v) is 7.39. The van der Waals surface area contributed by atoms with E-state index in [2.05, 4.69) is 15.4 Å². The smallest absolute Gasteiger partial charge is 0.275 e. The molecule has 0 saturated carbocycles. The Kier molecular flexibility index (Phi) is 5.35. The SMILES string of the molecule is Cc1ccc(-c2nn3c(=O)cc(CNC(=O)COc4ccccc4)nc3s2)cc1. The van der Waals surface area contributed by atoms with Gasteiger partial charge in [0.25, 0.3) is 11.5 Å². The van der Waals surface area contributed by atoms with Crippen LogP contribution in [-0.4, -0.2) is 27.1 Å². The number of nitrogens with zero attached hydrogens (tertiary/aromatic N) is 3. The van der Waals surface area contributed by atoms with Crippen molar-refractivity contribution in [3.05, 3.63) is 82.3 Å². The number of ether oxygens (including phenoxy) is 1. The van der Waals surface area contributed by atoms with E-state index in [4.69, 9.17) is 4.74 Å². The number of carbonyl (C=O) groups excluding carboxylic acids is 1. The molecule has 8 heteroatoms. The molecule has 2 aromatic carbocycles. The summed E-state index contributed by atoms with van der Waals surface area (Å²) >= 11 is 1.33. The van der Waals surface area contributed by atoms with E-state index in [1.54, 1.807) is 12.1 Å². The first-order chi connectivity index (χ1) is 14.1. The molecule has 0 bridgehead atoms. The molecule has 2 aromatic heterocycles. The van der Waals surface area contributed by atoms with E-state index in [-0.39, 0.29) is 24.6 Å². The van der Waals surface area contributed by atoms with Crippen LogP contribution in [0.3, 0.4) is 0 Å². The standard InChI is InChI=1S/C21H18N4O3S/c1-14-7-9-15(10-8-14)20-24-25-19(27)11-16(23-21(25)29-20)12-22-18(26)13-28-17-5-3-2-4-6-17/h2-11H,12-13H2,1H3,(H,22,26). The second-order valence-electron chi connectivity index (χ2n) is 6.43. The van der Waals surface area contributed by atoms with Crippen molar-refractivity contribution in [2.75, 3.05) is 6.61 Å². The molecular weight excluding hydrogens is 388 g/mol. The fourth-order valence-corrected chi connectivity index (χ4v) is 3.59. The third-order valence-electron chi connectivity index (χ3n) is 4.18. The summed E-state index contributed by atoms with van der Waals surface area (Å²) in [4.78, 5) is 29.3. The van der Waals surface area contributed by atoms with Gasteiger partial charge in [-0.05, 0) is 19.1 Å². The molecule has 1 N–H and O–H groups in total. The number of aryl methyl sites for hydroxylation is 1. The molecule has 0 spiro atoms. The predicted octanol–water partition coefficient (Wildman–Crippen LogP) is 2.82. The Morgan fingerprint density at radius 1 is 1.14 bits per heavy atom. The summed E-state index contributed by atoms with van der Waals surface area (Å²) in [5, 5.41) is 7.79. The molecule has 2 heterocycles. The number of hydrogen-bond donors (Lipinski definition) is 1. The van der Waals surface area contributed by atoms with Crippen LogP contribution in [0.15, 0.2) is 65.5 Å². The van der Waals surface area contributed by atoms with Crippen LogP contribution >= 0.6 is 11.3 Å². The Labute approximate surface area is 170 Å². The Hall–Kier alpha value is -3.52. The normalized spacial score (nSPS) is 10.8. The quantitative estimate of drug-likeness (QED) is 0.532. The molecule has 0 aliphatic rings. The van der Waals surface area contributed by atoms with Crippen LogP contribution in [0.25, 0.3) is 15.5 Å². The van der Waals surface area contributed by atoms with Gasteiger partial charge in [0.2, 0.25) is 4.96 Å². The number of amides is 1. The number of rotatable bonds is 6. The zero-order valence-electron chi connectivity index (χ0n) is 15.7.